The number of hydrogen-bond acceptors (Lipinski definition) is 6. The van der Waals surface area contributed by atoms with Gasteiger partial charge in [-0.3, -0.25) is 4.79 Å². The molecule has 0 aliphatic carbocycles. The Morgan fingerprint density at radius 2 is 2.35 bits per heavy atom. The number of sulfonamides is 1. The lowest BCUT2D eigenvalue weighted by atomic mass is 10.3. The fraction of sp³-hybridized carbons (Fsp3) is 0.455. The van der Waals surface area contributed by atoms with Crippen LogP contribution in [0.15, 0.2) is 16.3 Å². The molecule has 1 saturated heterocycles. The fourth-order valence-electron chi connectivity index (χ4n) is 1.79. The number of morpholine rings is 1. The van der Waals surface area contributed by atoms with Crippen molar-refractivity contribution >= 4 is 27.3 Å². The second kappa shape index (κ2) is 5.88. The highest BCUT2D eigenvalue weighted by molar-refractivity contribution is 7.91. The smallest absolute Gasteiger partial charge is 0.308 e. The van der Waals surface area contributed by atoms with E-state index in [-0.39, 0.29) is 30.3 Å². The van der Waals surface area contributed by atoms with Gasteiger partial charge in [-0.05, 0) is 12.1 Å². The molecule has 2 rings (SSSR count). The highest BCUT2D eigenvalue weighted by Crippen LogP contribution is 2.26. The zero-order chi connectivity index (χ0) is 14.8. The molecular formula is C11H12N2O5S2. The Hall–Kier alpha value is -1.47. The average Bonchev–Trinajstić information content (AvgIpc) is 2.87. The molecule has 0 radical (unpaired) electrons. The zero-order valence-corrected chi connectivity index (χ0v) is 12.0. The van der Waals surface area contributed by atoms with Crippen molar-refractivity contribution in [2.45, 2.75) is 16.7 Å². The molecule has 0 saturated carbocycles. The zero-order valence-electron chi connectivity index (χ0n) is 10.4. The molecule has 1 atom stereocenters. The van der Waals surface area contributed by atoms with Crippen molar-refractivity contribution < 1.29 is 23.1 Å². The van der Waals surface area contributed by atoms with Crippen LogP contribution in [0.5, 0.6) is 0 Å². The van der Waals surface area contributed by atoms with Crippen LogP contribution >= 0.6 is 11.3 Å². The molecule has 0 spiro atoms. The van der Waals surface area contributed by atoms with Gasteiger partial charge in [-0.15, -0.1) is 11.3 Å². The van der Waals surface area contributed by atoms with E-state index < -0.39 is 22.1 Å². The van der Waals surface area contributed by atoms with Crippen LogP contribution in [0.2, 0.25) is 0 Å². The van der Waals surface area contributed by atoms with Crippen molar-refractivity contribution in [2.24, 2.45) is 0 Å². The summed E-state index contributed by atoms with van der Waals surface area (Å²) in [7, 11) is -3.69. The van der Waals surface area contributed by atoms with Crippen LogP contribution in [0.3, 0.4) is 0 Å². The highest BCUT2D eigenvalue weighted by atomic mass is 32.2. The van der Waals surface area contributed by atoms with Gasteiger partial charge < -0.3 is 9.84 Å². The molecule has 1 aliphatic rings. The monoisotopic (exact) mass is 316 g/mol. The second-order valence-electron chi connectivity index (χ2n) is 4.14. The number of nitriles is 1. The lowest BCUT2D eigenvalue weighted by Gasteiger charge is -2.28. The third-order valence-corrected chi connectivity index (χ3v) is 6.15. The number of thiophene rings is 1. The minimum atomic E-state index is -3.69. The first-order chi connectivity index (χ1) is 9.43. The standard InChI is InChI=1S/C11H12N2O5S2/c12-6-8-7-13(3-4-18-8)20(16,17)11-2-1-9(19-11)5-10(14)15/h1-2,8H,3-5,7H2,(H,14,15). The predicted molar refractivity (Wildman–Crippen MR) is 69.8 cm³/mol. The number of nitrogens with zero attached hydrogens (tertiary/aromatic N) is 2. The lowest BCUT2D eigenvalue weighted by Crippen LogP contribution is -2.44. The van der Waals surface area contributed by atoms with Crippen molar-refractivity contribution in [2.75, 3.05) is 19.7 Å². The fourth-order valence-corrected chi connectivity index (χ4v) is 4.72. The summed E-state index contributed by atoms with van der Waals surface area (Å²) in [5.74, 6) is -1.01. The Morgan fingerprint density at radius 3 is 3.00 bits per heavy atom. The number of ether oxygens (including phenoxy) is 1. The first-order valence-electron chi connectivity index (χ1n) is 5.75. The summed E-state index contributed by atoms with van der Waals surface area (Å²) in [6.45, 7) is 0.350. The van der Waals surface area contributed by atoms with Crippen LogP contribution < -0.4 is 0 Å². The van der Waals surface area contributed by atoms with Crippen molar-refractivity contribution in [1.82, 2.24) is 4.31 Å². The van der Waals surface area contributed by atoms with Crippen LogP contribution in [0.1, 0.15) is 4.88 Å². The third kappa shape index (κ3) is 3.16. The minimum Gasteiger partial charge on any atom is -0.481 e. The number of aliphatic carboxylic acids is 1. The minimum absolute atomic E-state index is 0.00893. The Balaban J connectivity index is 2.19. The number of rotatable bonds is 4. The van der Waals surface area contributed by atoms with Crippen molar-refractivity contribution in [3.63, 3.8) is 0 Å². The average molecular weight is 316 g/mol. The third-order valence-electron chi connectivity index (χ3n) is 2.73. The Kier molecular flexibility index (Phi) is 4.39. The molecule has 7 nitrogen and oxygen atoms in total. The van der Waals surface area contributed by atoms with E-state index in [9.17, 15) is 13.2 Å². The molecule has 2 heterocycles. The highest BCUT2D eigenvalue weighted by Gasteiger charge is 2.31. The van der Waals surface area contributed by atoms with Crippen molar-refractivity contribution in [3.8, 4) is 6.07 Å². The maximum absolute atomic E-state index is 12.4. The maximum Gasteiger partial charge on any atom is 0.308 e. The molecule has 20 heavy (non-hydrogen) atoms. The summed E-state index contributed by atoms with van der Waals surface area (Å²) in [6.07, 6.45) is -0.971. The van der Waals surface area contributed by atoms with Gasteiger partial charge in [0.15, 0.2) is 6.10 Å². The van der Waals surface area contributed by atoms with Crippen LogP contribution in [0.4, 0.5) is 0 Å². The van der Waals surface area contributed by atoms with Gasteiger partial charge in [0.1, 0.15) is 4.21 Å². The summed E-state index contributed by atoms with van der Waals surface area (Å²) in [5.41, 5.74) is 0. The number of hydrogen-bond donors (Lipinski definition) is 1. The van der Waals surface area contributed by atoms with Crippen molar-refractivity contribution in [3.05, 3.63) is 17.0 Å². The number of carboxylic acids is 1. The molecule has 1 fully saturated rings. The topological polar surface area (TPSA) is 108 Å². The van der Waals surface area contributed by atoms with Gasteiger partial charge in [0.2, 0.25) is 0 Å². The first-order valence-corrected chi connectivity index (χ1v) is 8.01. The van der Waals surface area contributed by atoms with Crippen LogP contribution in [-0.2, 0) is 26.0 Å². The van der Waals surface area contributed by atoms with Crippen LogP contribution in [0, 0.1) is 11.3 Å². The normalized spacial score (nSPS) is 20.4. The SMILES string of the molecule is N#CC1CN(S(=O)(=O)c2ccc(CC(=O)O)s2)CCO1. The molecule has 1 unspecified atom stereocenters. The van der Waals surface area contributed by atoms with E-state index in [1.165, 1.54) is 16.4 Å². The van der Waals surface area contributed by atoms with Gasteiger partial charge in [0.05, 0.1) is 25.6 Å². The molecule has 9 heteroatoms. The molecule has 0 amide bonds. The van der Waals surface area contributed by atoms with E-state index in [4.69, 9.17) is 15.1 Å². The van der Waals surface area contributed by atoms with E-state index in [1.807, 2.05) is 6.07 Å². The molecule has 1 N–H and O–H groups in total. The molecule has 1 aromatic rings. The quantitative estimate of drug-likeness (QED) is 0.855. The van der Waals surface area contributed by atoms with Crippen LogP contribution in [0.25, 0.3) is 0 Å². The Morgan fingerprint density at radius 1 is 1.60 bits per heavy atom. The van der Waals surface area contributed by atoms with Gasteiger partial charge in [0, 0.05) is 11.4 Å². The summed E-state index contributed by atoms with van der Waals surface area (Å²) in [6, 6.07) is 4.78. The summed E-state index contributed by atoms with van der Waals surface area (Å²) < 4.78 is 31.1. The first kappa shape index (κ1) is 14.9. The Bertz CT molecular complexity index is 646. The van der Waals surface area contributed by atoms with E-state index in [2.05, 4.69) is 0 Å². The Labute approximate surface area is 120 Å². The van der Waals surface area contributed by atoms with Crippen molar-refractivity contribution in [1.29, 1.82) is 5.26 Å². The van der Waals surface area contributed by atoms with E-state index >= 15 is 0 Å². The van der Waals surface area contributed by atoms with E-state index in [0.717, 1.165) is 11.3 Å². The number of carbonyl (C=O) groups is 1. The molecule has 108 valence electrons. The van der Waals surface area contributed by atoms with E-state index in [1.54, 1.807) is 0 Å². The van der Waals surface area contributed by atoms with Gasteiger partial charge in [-0.1, -0.05) is 0 Å². The molecule has 1 aliphatic heterocycles. The summed E-state index contributed by atoms with van der Waals surface area (Å²) in [5, 5.41) is 17.5. The van der Waals surface area contributed by atoms with E-state index in [0.29, 0.717) is 4.88 Å². The molecule has 0 bridgehead atoms. The summed E-state index contributed by atoms with van der Waals surface area (Å²) >= 11 is 0.936. The molecule has 1 aromatic heterocycles. The number of carboxylic acid groups (broad SMARTS) is 1. The van der Waals surface area contributed by atoms with Gasteiger partial charge >= 0.3 is 5.97 Å². The molecule has 0 aromatic carbocycles. The second-order valence-corrected chi connectivity index (χ2v) is 7.48. The van der Waals surface area contributed by atoms with Crippen LogP contribution in [-0.4, -0.2) is 49.6 Å². The predicted octanol–water partition coefficient (Wildman–Crippen LogP) is 0.288. The molecular weight excluding hydrogens is 304 g/mol. The van der Waals surface area contributed by atoms with Gasteiger partial charge in [-0.25, -0.2) is 8.42 Å². The van der Waals surface area contributed by atoms with Gasteiger partial charge in [0.25, 0.3) is 10.0 Å². The lowest BCUT2D eigenvalue weighted by molar-refractivity contribution is -0.136. The van der Waals surface area contributed by atoms with Gasteiger partial charge in [-0.2, -0.15) is 9.57 Å². The maximum atomic E-state index is 12.4. The largest absolute Gasteiger partial charge is 0.481 e. The summed E-state index contributed by atoms with van der Waals surface area (Å²) in [4.78, 5) is 11.1.